The van der Waals surface area contributed by atoms with E-state index in [-0.39, 0.29) is 17.8 Å². The summed E-state index contributed by atoms with van der Waals surface area (Å²) in [5.41, 5.74) is 10.9. The van der Waals surface area contributed by atoms with Crippen LogP contribution in [0.4, 0.5) is 0 Å². The van der Waals surface area contributed by atoms with Gasteiger partial charge in [-0.05, 0) is 49.1 Å². The third kappa shape index (κ3) is 5.74. The zero-order valence-corrected chi connectivity index (χ0v) is 20.1. The Kier molecular flexibility index (Phi) is 7.58. The van der Waals surface area contributed by atoms with Gasteiger partial charge < -0.3 is 10.8 Å². The standard InChI is InChI=1S/C27H31N5O2/c1-6-20(8-7-18(2)32-19(3)30-26(31-32)25(28)34)15-21-9-11-22(12-10-21)24-14-13-23(16-29-24)27(4,5)17-33/h6-14,16,33H,1,15,17H2,2-5H3,(H2,28,34)/b18-7+,20-8+. The van der Waals surface area contributed by atoms with Gasteiger partial charge in [-0.3, -0.25) is 9.78 Å². The molecule has 3 aromatic rings. The number of hydrogen-bond acceptors (Lipinski definition) is 5. The monoisotopic (exact) mass is 457 g/mol. The van der Waals surface area contributed by atoms with E-state index in [1.54, 1.807) is 11.6 Å². The number of nitrogens with zero attached hydrogens (tertiary/aromatic N) is 4. The van der Waals surface area contributed by atoms with Crippen LogP contribution in [0.2, 0.25) is 0 Å². The van der Waals surface area contributed by atoms with Gasteiger partial charge >= 0.3 is 0 Å². The fraction of sp³-hybridized carbons (Fsp3) is 0.259. The summed E-state index contributed by atoms with van der Waals surface area (Å²) in [6, 6.07) is 12.3. The molecule has 1 amide bonds. The van der Waals surface area contributed by atoms with E-state index in [0.717, 1.165) is 33.7 Å². The Hall–Kier alpha value is -3.84. The normalized spacial score (nSPS) is 12.6. The Labute approximate surface area is 200 Å². The lowest BCUT2D eigenvalue weighted by Crippen LogP contribution is -2.22. The molecular formula is C27H31N5O2. The zero-order chi connectivity index (χ0) is 24.9. The van der Waals surface area contributed by atoms with Gasteiger partial charge in [0.2, 0.25) is 5.82 Å². The van der Waals surface area contributed by atoms with Crippen molar-refractivity contribution >= 4 is 11.6 Å². The third-order valence-electron chi connectivity index (χ3n) is 5.72. The number of pyridine rings is 1. The number of primary amides is 1. The minimum atomic E-state index is -0.652. The van der Waals surface area contributed by atoms with Gasteiger partial charge in [-0.15, -0.1) is 5.10 Å². The zero-order valence-electron chi connectivity index (χ0n) is 20.1. The van der Waals surface area contributed by atoms with Crippen molar-refractivity contribution in [2.24, 2.45) is 5.73 Å². The van der Waals surface area contributed by atoms with E-state index in [9.17, 15) is 9.90 Å². The van der Waals surface area contributed by atoms with Crippen molar-refractivity contribution in [2.75, 3.05) is 6.61 Å². The lowest BCUT2D eigenvalue weighted by atomic mass is 9.86. The highest BCUT2D eigenvalue weighted by atomic mass is 16.3. The molecule has 2 heterocycles. The molecular weight excluding hydrogens is 426 g/mol. The quantitative estimate of drug-likeness (QED) is 0.468. The second kappa shape index (κ2) is 10.4. The number of hydrogen-bond donors (Lipinski definition) is 2. The summed E-state index contributed by atoms with van der Waals surface area (Å²) >= 11 is 0. The number of aryl methyl sites for hydroxylation is 1. The van der Waals surface area contributed by atoms with E-state index in [2.05, 4.69) is 45.9 Å². The fourth-order valence-electron chi connectivity index (χ4n) is 3.41. The lowest BCUT2D eigenvalue weighted by Gasteiger charge is -2.21. The highest BCUT2D eigenvalue weighted by Gasteiger charge is 2.19. The van der Waals surface area contributed by atoms with Crippen molar-refractivity contribution in [3.63, 3.8) is 0 Å². The second-order valence-corrected chi connectivity index (χ2v) is 8.86. The Morgan fingerprint density at radius 1 is 1.18 bits per heavy atom. The van der Waals surface area contributed by atoms with Crippen molar-refractivity contribution in [1.29, 1.82) is 0 Å². The molecule has 1 aromatic carbocycles. The topological polar surface area (TPSA) is 107 Å². The van der Waals surface area contributed by atoms with Gasteiger partial charge in [0, 0.05) is 22.9 Å². The van der Waals surface area contributed by atoms with Crippen LogP contribution in [0.25, 0.3) is 17.0 Å². The van der Waals surface area contributed by atoms with Crippen molar-refractivity contribution in [1.82, 2.24) is 19.7 Å². The minimum Gasteiger partial charge on any atom is -0.395 e. The SMILES string of the molecule is C=C/C(=C\C=C(/C)n1nc(C(N)=O)nc1C)Cc1ccc(-c2ccc(C(C)(C)CO)cn2)cc1. The molecule has 0 radical (unpaired) electrons. The van der Waals surface area contributed by atoms with E-state index < -0.39 is 5.91 Å². The van der Waals surface area contributed by atoms with E-state index in [0.29, 0.717) is 12.2 Å². The van der Waals surface area contributed by atoms with Crippen LogP contribution in [0.5, 0.6) is 0 Å². The molecule has 0 atom stereocenters. The summed E-state index contributed by atoms with van der Waals surface area (Å²) in [5.74, 6) is -0.0617. The summed E-state index contributed by atoms with van der Waals surface area (Å²) in [4.78, 5) is 20.0. The predicted octanol–water partition coefficient (Wildman–Crippen LogP) is 4.23. The molecule has 0 saturated heterocycles. The minimum absolute atomic E-state index is 0.000461. The van der Waals surface area contributed by atoms with Crippen LogP contribution in [0.15, 0.2) is 73.0 Å². The number of carbonyl (C=O) groups is 1. The maximum absolute atomic E-state index is 11.3. The number of aromatic nitrogens is 4. The average Bonchev–Trinajstić information content (AvgIpc) is 3.24. The summed E-state index contributed by atoms with van der Waals surface area (Å²) in [6.07, 6.45) is 8.26. The van der Waals surface area contributed by atoms with Crippen molar-refractivity contribution < 1.29 is 9.90 Å². The molecule has 0 unspecified atom stereocenters. The number of aliphatic hydroxyl groups is 1. The first-order chi connectivity index (χ1) is 16.1. The Balaban J connectivity index is 1.73. The number of aliphatic hydroxyl groups excluding tert-OH is 1. The molecule has 3 N–H and O–H groups in total. The summed E-state index contributed by atoms with van der Waals surface area (Å²) in [7, 11) is 0. The van der Waals surface area contributed by atoms with Gasteiger partial charge in [-0.2, -0.15) is 0 Å². The smallest absolute Gasteiger partial charge is 0.288 e. The molecule has 2 aromatic heterocycles. The molecule has 0 fully saturated rings. The number of amides is 1. The maximum Gasteiger partial charge on any atom is 0.288 e. The molecule has 0 spiro atoms. The lowest BCUT2D eigenvalue weighted by molar-refractivity contribution is 0.0990. The van der Waals surface area contributed by atoms with Crippen molar-refractivity contribution in [2.45, 2.75) is 39.5 Å². The number of carbonyl (C=O) groups excluding carboxylic acids is 1. The number of nitrogens with two attached hydrogens (primary N) is 1. The fourth-order valence-corrected chi connectivity index (χ4v) is 3.41. The summed E-state index contributed by atoms with van der Waals surface area (Å²) in [5, 5.41) is 13.7. The third-order valence-corrected chi connectivity index (χ3v) is 5.72. The molecule has 0 saturated carbocycles. The number of benzene rings is 1. The number of rotatable bonds is 9. The molecule has 34 heavy (non-hydrogen) atoms. The van der Waals surface area contributed by atoms with E-state index in [1.807, 2.05) is 57.3 Å². The van der Waals surface area contributed by atoms with E-state index >= 15 is 0 Å². The first kappa shape index (κ1) is 24.8. The van der Waals surface area contributed by atoms with E-state index in [4.69, 9.17) is 5.73 Å². The average molecular weight is 458 g/mol. The highest BCUT2D eigenvalue weighted by Crippen LogP contribution is 2.25. The van der Waals surface area contributed by atoms with Crippen molar-refractivity contribution in [3.8, 4) is 11.3 Å². The van der Waals surface area contributed by atoms with Gasteiger partial charge in [0.25, 0.3) is 5.91 Å². The van der Waals surface area contributed by atoms with Crippen LogP contribution < -0.4 is 5.73 Å². The molecule has 0 aliphatic heterocycles. The van der Waals surface area contributed by atoms with E-state index in [1.165, 1.54) is 0 Å². The molecule has 0 aliphatic carbocycles. The Morgan fingerprint density at radius 3 is 2.41 bits per heavy atom. The molecule has 0 bridgehead atoms. The Bertz CT molecular complexity index is 1230. The second-order valence-electron chi connectivity index (χ2n) is 8.86. The highest BCUT2D eigenvalue weighted by molar-refractivity contribution is 5.88. The van der Waals surface area contributed by atoms with Crippen LogP contribution in [0.1, 0.15) is 48.3 Å². The van der Waals surface area contributed by atoms with Gasteiger partial charge in [0.05, 0.1) is 12.3 Å². The first-order valence-corrected chi connectivity index (χ1v) is 11.0. The van der Waals surface area contributed by atoms with Crippen LogP contribution in [0, 0.1) is 6.92 Å². The van der Waals surface area contributed by atoms with Crippen LogP contribution in [-0.4, -0.2) is 37.4 Å². The summed E-state index contributed by atoms with van der Waals surface area (Å²) in [6.45, 7) is 11.6. The predicted molar refractivity (Wildman–Crippen MR) is 135 cm³/mol. The number of allylic oxidation sites excluding steroid dienone is 5. The van der Waals surface area contributed by atoms with Crippen molar-refractivity contribution in [3.05, 3.63) is 95.8 Å². The molecule has 176 valence electrons. The van der Waals surface area contributed by atoms with Crippen LogP contribution in [-0.2, 0) is 11.8 Å². The van der Waals surface area contributed by atoms with Gasteiger partial charge in [0.15, 0.2) is 0 Å². The molecule has 7 heteroatoms. The molecule has 7 nitrogen and oxygen atoms in total. The van der Waals surface area contributed by atoms with Gasteiger partial charge in [0.1, 0.15) is 5.82 Å². The Morgan fingerprint density at radius 2 is 1.88 bits per heavy atom. The van der Waals surface area contributed by atoms with Gasteiger partial charge in [-0.25, -0.2) is 9.67 Å². The first-order valence-electron chi connectivity index (χ1n) is 11.0. The largest absolute Gasteiger partial charge is 0.395 e. The molecule has 3 rings (SSSR count). The summed E-state index contributed by atoms with van der Waals surface area (Å²) < 4.78 is 1.59. The molecule has 0 aliphatic rings. The maximum atomic E-state index is 11.3. The van der Waals surface area contributed by atoms with Crippen LogP contribution >= 0.6 is 0 Å². The van der Waals surface area contributed by atoms with Crippen LogP contribution in [0.3, 0.4) is 0 Å². The van der Waals surface area contributed by atoms with Gasteiger partial charge in [-0.1, -0.05) is 62.9 Å².